The van der Waals surface area contributed by atoms with Crippen molar-refractivity contribution in [3.63, 3.8) is 0 Å². The molecule has 1 aliphatic heterocycles. The van der Waals surface area contributed by atoms with Gasteiger partial charge in [0.2, 0.25) is 11.9 Å². The quantitative estimate of drug-likeness (QED) is 0.456. The minimum atomic E-state index is -0.761. The first kappa shape index (κ1) is 19.6. The molecular formula is C20H26N6O2. The minimum Gasteiger partial charge on any atom is -0.481 e. The Hall–Kier alpha value is -3.16. The van der Waals surface area contributed by atoms with Gasteiger partial charge < -0.3 is 19.9 Å². The Morgan fingerprint density at radius 2 is 2.04 bits per heavy atom. The van der Waals surface area contributed by atoms with Gasteiger partial charge in [-0.25, -0.2) is 15.0 Å². The number of fused-ring (bicyclic) bond motifs is 3. The number of hydrogen-bond donors (Lipinski definition) is 2. The smallest absolute Gasteiger partial charge is 0.303 e. The topological polar surface area (TPSA) is 96.2 Å². The maximum Gasteiger partial charge on any atom is 0.303 e. The number of nitrogens with zero attached hydrogens (tertiary/aromatic N) is 5. The predicted molar refractivity (Wildman–Crippen MR) is 111 cm³/mol. The van der Waals surface area contributed by atoms with Gasteiger partial charge in [-0.15, -0.1) is 0 Å². The number of aryl methyl sites for hydroxylation is 1. The third-order valence-electron chi connectivity index (χ3n) is 4.57. The van der Waals surface area contributed by atoms with Gasteiger partial charge in [0.15, 0.2) is 0 Å². The number of aliphatic carboxylic acids is 1. The molecule has 8 nitrogen and oxygen atoms in total. The number of rotatable bonds is 8. The van der Waals surface area contributed by atoms with Crippen LogP contribution in [0.4, 0.5) is 11.9 Å². The van der Waals surface area contributed by atoms with Crippen LogP contribution in [0.2, 0.25) is 0 Å². The van der Waals surface area contributed by atoms with Crippen LogP contribution in [0.3, 0.4) is 0 Å². The summed E-state index contributed by atoms with van der Waals surface area (Å²) in [5, 5.41) is 11.9. The van der Waals surface area contributed by atoms with Crippen molar-refractivity contribution in [2.24, 2.45) is 0 Å². The normalized spacial score (nSPS) is 11.6. The Bertz CT molecular complexity index is 992. The summed E-state index contributed by atoms with van der Waals surface area (Å²) >= 11 is 0. The Balaban J connectivity index is 2.03. The molecule has 148 valence electrons. The molecule has 8 heteroatoms. The van der Waals surface area contributed by atoms with Crippen LogP contribution in [0.25, 0.3) is 22.4 Å². The van der Waals surface area contributed by atoms with E-state index in [-0.39, 0.29) is 6.42 Å². The Morgan fingerprint density at radius 3 is 2.71 bits per heavy atom. The first-order chi connectivity index (χ1) is 13.4. The van der Waals surface area contributed by atoms with Crippen molar-refractivity contribution in [2.45, 2.75) is 32.7 Å². The molecule has 0 saturated carbocycles. The summed E-state index contributed by atoms with van der Waals surface area (Å²) in [4.78, 5) is 26.7. The van der Waals surface area contributed by atoms with Crippen molar-refractivity contribution in [3.8, 4) is 11.4 Å². The van der Waals surface area contributed by atoms with Crippen LogP contribution in [0.15, 0.2) is 24.3 Å². The van der Waals surface area contributed by atoms with Crippen molar-refractivity contribution in [2.75, 3.05) is 31.4 Å². The average molecular weight is 382 g/mol. The molecule has 28 heavy (non-hydrogen) atoms. The lowest BCUT2D eigenvalue weighted by Crippen LogP contribution is -2.09. The van der Waals surface area contributed by atoms with Gasteiger partial charge in [-0.2, -0.15) is 0 Å². The van der Waals surface area contributed by atoms with Gasteiger partial charge >= 0.3 is 5.97 Å². The molecule has 0 unspecified atom stereocenters. The number of carboxylic acid groups (broad SMARTS) is 1. The van der Waals surface area contributed by atoms with E-state index in [0.717, 1.165) is 40.4 Å². The van der Waals surface area contributed by atoms with Gasteiger partial charge in [0.05, 0.1) is 16.7 Å². The number of aromatic nitrogens is 4. The molecule has 2 heterocycles. The molecule has 0 bridgehead atoms. The molecule has 0 spiro atoms. The van der Waals surface area contributed by atoms with E-state index in [1.54, 1.807) is 0 Å². The second-order valence-corrected chi connectivity index (χ2v) is 6.92. The van der Waals surface area contributed by atoms with Gasteiger partial charge in [0.25, 0.3) is 0 Å². The maximum atomic E-state index is 10.6. The molecule has 3 rings (SSSR count). The summed E-state index contributed by atoms with van der Waals surface area (Å²) in [6, 6.07) is 4.01. The fourth-order valence-corrected chi connectivity index (χ4v) is 3.12. The summed E-state index contributed by atoms with van der Waals surface area (Å²) in [5.41, 5.74) is 4.54. The lowest BCUT2D eigenvalue weighted by molar-refractivity contribution is -0.137. The fraction of sp³-hybridized carbons (Fsp3) is 0.400. The largest absolute Gasteiger partial charge is 0.481 e. The molecular weight excluding hydrogens is 356 g/mol. The second kappa shape index (κ2) is 8.24. The van der Waals surface area contributed by atoms with E-state index in [1.807, 2.05) is 57.3 Å². The molecule has 2 N–H and O–H groups in total. The summed E-state index contributed by atoms with van der Waals surface area (Å²) in [6.07, 6.45) is 5.61. The second-order valence-electron chi connectivity index (χ2n) is 6.92. The van der Waals surface area contributed by atoms with Crippen LogP contribution in [0.5, 0.6) is 0 Å². The zero-order valence-corrected chi connectivity index (χ0v) is 16.7. The van der Waals surface area contributed by atoms with E-state index in [4.69, 9.17) is 15.1 Å². The number of carboxylic acids is 1. The van der Waals surface area contributed by atoms with E-state index in [1.165, 1.54) is 0 Å². The molecule has 1 aromatic rings. The number of carbonyl (C=O) groups is 1. The predicted octanol–water partition coefficient (Wildman–Crippen LogP) is 3.16. The Kier molecular flexibility index (Phi) is 5.77. The average Bonchev–Trinajstić information content (AvgIpc) is 3.20. The van der Waals surface area contributed by atoms with Crippen LogP contribution < -0.4 is 10.2 Å². The molecule has 0 saturated heterocycles. The molecule has 0 aromatic carbocycles. The summed E-state index contributed by atoms with van der Waals surface area (Å²) in [7, 11) is 5.70. The van der Waals surface area contributed by atoms with Crippen LogP contribution >= 0.6 is 0 Å². The van der Waals surface area contributed by atoms with Crippen LogP contribution in [0.1, 0.15) is 24.8 Å². The molecule has 0 fully saturated rings. The van der Waals surface area contributed by atoms with E-state index in [0.29, 0.717) is 18.9 Å². The van der Waals surface area contributed by atoms with Gasteiger partial charge in [0, 0.05) is 34.1 Å². The van der Waals surface area contributed by atoms with Crippen LogP contribution in [0, 0.1) is 6.92 Å². The highest BCUT2D eigenvalue weighted by molar-refractivity contribution is 5.93. The minimum absolute atomic E-state index is 0.187. The molecule has 1 aliphatic carbocycles. The summed E-state index contributed by atoms with van der Waals surface area (Å²) in [5.74, 6) is 0.668. The number of anilines is 2. The highest BCUT2D eigenvalue weighted by atomic mass is 16.4. The van der Waals surface area contributed by atoms with E-state index in [2.05, 4.69) is 14.9 Å². The third kappa shape index (κ3) is 3.90. The lowest BCUT2D eigenvalue weighted by atomic mass is 10.2. The van der Waals surface area contributed by atoms with Gasteiger partial charge in [-0.3, -0.25) is 4.79 Å². The van der Waals surface area contributed by atoms with Crippen molar-refractivity contribution in [3.05, 3.63) is 29.8 Å². The van der Waals surface area contributed by atoms with Crippen LogP contribution in [-0.2, 0) is 11.3 Å². The molecule has 2 aliphatic rings. The number of hydrogen-bond acceptors (Lipinski definition) is 6. The zero-order chi connectivity index (χ0) is 20.3. The molecule has 0 atom stereocenters. The third-order valence-corrected chi connectivity index (χ3v) is 4.57. The Morgan fingerprint density at radius 1 is 1.25 bits per heavy atom. The number of nitrogens with one attached hydrogen (secondary N) is 1. The first-order valence-corrected chi connectivity index (χ1v) is 9.31. The fourth-order valence-electron chi connectivity index (χ4n) is 3.12. The standard InChI is InChI=1S/C20H26N6O2/c1-13-10-11-14-17(24-20(22-14)25(3)4)18-16(13)23-19(21-2)26(18)12-8-6-5-7-9-15(27)28/h6,8,10-11H,5,7,9,12H2,1-4H3,(H,21,23)(H,27,28). The van der Waals surface area contributed by atoms with Crippen LogP contribution in [-0.4, -0.2) is 51.7 Å². The van der Waals surface area contributed by atoms with E-state index >= 15 is 0 Å². The number of imidazole rings is 2. The molecule has 1 aromatic heterocycles. The highest BCUT2D eigenvalue weighted by Crippen LogP contribution is 2.33. The van der Waals surface area contributed by atoms with Crippen molar-refractivity contribution < 1.29 is 9.90 Å². The molecule has 0 amide bonds. The summed E-state index contributed by atoms with van der Waals surface area (Å²) in [6.45, 7) is 2.65. The van der Waals surface area contributed by atoms with Gasteiger partial charge in [-0.05, 0) is 31.4 Å². The zero-order valence-electron chi connectivity index (χ0n) is 16.7. The van der Waals surface area contributed by atoms with Crippen molar-refractivity contribution in [1.29, 1.82) is 0 Å². The van der Waals surface area contributed by atoms with Gasteiger partial charge in [-0.1, -0.05) is 18.2 Å². The maximum absolute atomic E-state index is 10.6. The SMILES string of the molecule is CNc1nc2c(C)ccc3nc(N(C)C)nc-3c2n1CC=CCCCC(=O)O. The van der Waals surface area contributed by atoms with Crippen molar-refractivity contribution >= 4 is 28.9 Å². The summed E-state index contributed by atoms with van der Waals surface area (Å²) < 4.78 is 2.09. The van der Waals surface area contributed by atoms with E-state index in [9.17, 15) is 4.79 Å². The lowest BCUT2D eigenvalue weighted by Gasteiger charge is -2.06. The molecule has 0 radical (unpaired) electrons. The van der Waals surface area contributed by atoms with Crippen molar-refractivity contribution in [1.82, 2.24) is 19.5 Å². The highest BCUT2D eigenvalue weighted by Gasteiger charge is 2.21. The van der Waals surface area contributed by atoms with E-state index < -0.39 is 5.97 Å². The first-order valence-electron chi connectivity index (χ1n) is 9.31. The number of unbranched alkanes of at least 4 members (excludes halogenated alkanes) is 1. The Labute approximate surface area is 164 Å². The van der Waals surface area contributed by atoms with Gasteiger partial charge in [0.1, 0.15) is 5.69 Å². The number of allylic oxidation sites excluding steroid dienone is 2. The monoisotopic (exact) mass is 382 g/mol.